The first-order chi connectivity index (χ1) is 6.72. The summed E-state index contributed by atoms with van der Waals surface area (Å²) in [5.74, 6) is 0. The van der Waals surface area contributed by atoms with Gasteiger partial charge in [-0.15, -0.1) is 0 Å². The molecule has 0 amide bonds. The number of hydrogen-bond acceptors (Lipinski definition) is 2. The van der Waals surface area contributed by atoms with Crippen LogP contribution in [0.2, 0.25) is 0 Å². The third-order valence-electron chi connectivity index (χ3n) is 3.17. The van der Waals surface area contributed by atoms with Gasteiger partial charge in [0.15, 0.2) is 0 Å². The largest absolute Gasteiger partial charge is 0.262 e. The summed E-state index contributed by atoms with van der Waals surface area (Å²) in [6.07, 6.45) is 4.32. The summed E-state index contributed by atoms with van der Waals surface area (Å²) in [5.41, 5.74) is 8.26. The van der Waals surface area contributed by atoms with Crippen LogP contribution in [0, 0.1) is 0 Å². The Hall–Kier alpha value is -1.18. The molecule has 0 spiro atoms. The van der Waals surface area contributed by atoms with Gasteiger partial charge in [-0.3, -0.25) is 9.98 Å². The van der Waals surface area contributed by atoms with Gasteiger partial charge in [0.05, 0.1) is 0 Å². The molecule has 1 aliphatic carbocycles. The molecule has 3 rings (SSSR count). The maximum atomic E-state index is 4.59. The van der Waals surface area contributed by atoms with Crippen LogP contribution in [0.1, 0.15) is 39.5 Å². The lowest BCUT2D eigenvalue weighted by Gasteiger charge is -2.14. The highest BCUT2D eigenvalue weighted by molar-refractivity contribution is 5.91. The summed E-state index contributed by atoms with van der Waals surface area (Å²) in [5, 5.41) is 0. The maximum absolute atomic E-state index is 4.59. The molecule has 0 atom stereocenters. The van der Waals surface area contributed by atoms with Gasteiger partial charge in [-0.1, -0.05) is 0 Å². The smallest absolute Gasteiger partial charge is 0.0461 e. The van der Waals surface area contributed by atoms with Crippen molar-refractivity contribution in [1.82, 2.24) is 0 Å². The van der Waals surface area contributed by atoms with E-state index in [1.165, 1.54) is 22.8 Å². The van der Waals surface area contributed by atoms with Gasteiger partial charge in [0.1, 0.15) is 0 Å². The highest BCUT2D eigenvalue weighted by atomic mass is 14.9. The first-order valence-corrected chi connectivity index (χ1v) is 5.22. The van der Waals surface area contributed by atoms with Gasteiger partial charge >= 0.3 is 0 Å². The Bertz CT molecular complexity index is 393. The first kappa shape index (κ1) is 8.16. The van der Waals surface area contributed by atoms with Crippen LogP contribution in [0.15, 0.2) is 32.5 Å². The molecule has 0 saturated heterocycles. The van der Waals surface area contributed by atoms with Crippen LogP contribution in [-0.4, -0.2) is 11.4 Å². The molecule has 14 heavy (non-hydrogen) atoms. The average Bonchev–Trinajstić information content (AvgIpc) is 2.59. The normalized spacial score (nSPS) is 25.0. The van der Waals surface area contributed by atoms with Crippen LogP contribution in [-0.2, 0) is 0 Å². The van der Waals surface area contributed by atoms with E-state index < -0.39 is 0 Å². The number of nitrogens with zero attached hydrogens (tertiary/aromatic N) is 2. The van der Waals surface area contributed by atoms with E-state index in [1.807, 2.05) is 0 Å². The lowest BCUT2D eigenvalue weighted by atomic mass is 9.91. The van der Waals surface area contributed by atoms with Crippen molar-refractivity contribution in [2.24, 2.45) is 9.98 Å². The zero-order valence-electron chi connectivity index (χ0n) is 8.72. The van der Waals surface area contributed by atoms with Crippen molar-refractivity contribution < 1.29 is 0 Å². The SMILES string of the molecule is CC1=NC2=C(C1)CC1=C(C2)N=C(C)C1. The second kappa shape index (κ2) is 2.66. The van der Waals surface area contributed by atoms with E-state index in [0.717, 1.165) is 25.7 Å². The molecule has 0 aromatic heterocycles. The van der Waals surface area contributed by atoms with Crippen molar-refractivity contribution >= 4 is 11.4 Å². The number of allylic oxidation sites excluding steroid dienone is 2. The molecular weight excluding hydrogens is 172 g/mol. The van der Waals surface area contributed by atoms with Gasteiger partial charge in [-0.25, -0.2) is 0 Å². The minimum absolute atomic E-state index is 0.985. The van der Waals surface area contributed by atoms with Crippen molar-refractivity contribution in [3.63, 3.8) is 0 Å². The van der Waals surface area contributed by atoms with E-state index in [-0.39, 0.29) is 0 Å². The van der Waals surface area contributed by atoms with E-state index in [4.69, 9.17) is 0 Å². The van der Waals surface area contributed by atoms with Crippen molar-refractivity contribution in [1.29, 1.82) is 0 Å². The molecule has 2 heteroatoms. The minimum atomic E-state index is 0.985. The van der Waals surface area contributed by atoms with Crippen LogP contribution in [0.3, 0.4) is 0 Å². The Balaban J connectivity index is 1.90. The molecule has 0 aromatic carbocycles. The Morgan fingerprint density at radius 1 is 0.714 bits per heavy atom. The van der Waals surface area contributed by atoms with Crippen molar-refractivity contribution in [2.45, 2.75) is 39.5 Å². The van der Waals surface area contributed by atoms with E-state index in [1.54, 1.807) is 11.1 Å². The van der Waals surface area contributed by atoms with Crippen LogP contribution in [0.4, 0.5) is 0 Å². The van der Waals surface area contributed by atoms with Crippen LogP contribution >= 0.6 is 0 Å². The highest BCUT2D eigenvalue weighted by Gasteiger charge is 2.26. The number of aliphatic imine (C=N–C) groups is 2. The second-order valence-electron chi connectivity index (χ2n) is 4.50. The first-order valence-electron chi connectivity index (χ1n) is 5.22. The van der Waals surface area contributed by atoms with Crippen LogP contribution < -0.4 is 0 Å². The van der Waals surface area contributed by atoms with Gasteiger partial charge < -0.3 is 0 Å². The molecule has 0 N–H and O–H groups in total. The van der Waals surface area contributed by atoms with Gasteiger partial charge in [0.25, 0.3) is 0 Å². The molecule has 0 aromatic rings. The molecule has 72 valence electrons. The predicted octanol–water partition coefficient (Wildman–Crippen LogP) is 3.02. The molecule has 2 aliphatic heterocycles. The standard InChI is InChI=1S/C12H14N2/c1-7-3-9-5-10-4-8(2)14-12(10)6-11(9)13-7/h3-6H2,1-2H3. The maximum Gasteiger partial charge on any atom is 0.0461 e. The third-order valence-corrected chi connectivity index (χ3v) is 3.17. The number of hydrogen-bond donors (Lipinski definition) is 0. The zero-order chi connectivity index (χ0) is 9.71. The quantitative estimate of drug-likeness (QED) is 0.555. The molecule has 0 fully saturated rings. The molecule has 3 aliphatic rings. The highest BCUT2D eigenvalue weighted by Crippen LogP contribution is 2.40. The molecule has 0 unspecified atom stereocenters. The van der Waals surface area contributed by atoms with Gasteiger partial charge in [-0.05, 0) is 31.4 Å². The minimum Gasteiger partial charge on any atom is -0.262 e. The van der Waals surface area contributed by atoms with Crippen LogP contribution in [0.5, 0.6) is 0 Å². The molecular formula is C12H14N2. The molecule has 0 bridgehead atoms. The summed E-state index contributed by atoms with van der Waals surface area (Å²) in [7, 11) is 0. The molecule has 0 radical (unpaired) electrons. The van der Waals surface area contributed by atoms with Crippen molar-refractivity contribution in [3.8, 4) is 0 Å². The number of rotatable bonds is 0. The van der Waals surface area contributed by atoms with E-state index in [9.17, 15) is 0 Å². The fourth-order valence-corrected chi connectivity index (χ4v) is 2.59. The van der Waals surface area contributed by atoms with E-state index >= 15 is 0 Å². The fourth-order valence-electron chi connectivity index (χ4n) is 2.59. The summed E-state index contributed by atoms with van der Waals surface area (Å²) in [6, 6.07) is 0. The monoisotopic (exact) mass is 186 g/mol. The lowest BCUT2D eigenvalue weighted by molar-refractivity contribution is 0.907. The second-order valence-corrected chi connectivity index (χ2v) is 4.50. The zero-order valence-corrected chi connectivity index (χ0v) is 8.72. The lowest BCUT2D eigenvalue weighted by Crippen LogP contribution is -1.99. The van der Waals surface area contributed by atoms with Crippen molar-refractivity contribution in [3.05, 3.63) is 22.5 Å². The van der Waals surface area contributed by atoms with E-state index in [2.05, 4.69) is 23.8 Å². The van der Waals surface area contributed by atoms with Gasteiger partial charge in [0, 0.05) is 42.1 Å². The Morgan fingerprint density at radius 2 is 1.21 bits per heavy atom. The Kier molecular flexibility index (Phi) is 1.55. The average molecular weight is 186 g/mol. The Labute approximate surface area is 84.1 Å². The summed E-state index contributed by atoms with van der Waals surface area (Å²) in [6.45, 7) is 4.25. The summed E-state index contributed by atoms with van der Waals surface area (Å²) >= 11 is 0. The van der Waals surface area contributed by atoms with Crippen LogP contribution in [0.25, 0.3) is 0 Å². The summed E-state index contributed by atoms with van der Waals surface area (Å²) < 4.78 is 0. The molecule has 2 heterocycles. The van der Waals surface area contributed by atoms with Crippen molar-refractivity contribution in [2.75, 3.05) is 0 Å². The van der Waals surface area contributed by atoms with E-state index in [0.29, 0.717) is 0 Å². The topological polar surface area (TPSA) is 24.7 Å². The fraction of sp³-hybridized carbons (Fsp3) is 0.500. The molecule has 0 saturated carbocycles. The van der Waals surface area contributed by atoms with Gasteiger partial charge in [-0.2, -0.15) is 0 Å². The van der Waals surface area contributed by atoms with Gasteiger partial charge in [0.2, 0.25) is 0 Å². The Morgan fingerprint density at radius 3 is 1.71 bits per heavy atom. The molecule has 2 nitrogen and oxygen atoms in total. The predicted molar refractivity (Wildman–Crippen MR) is 58.7 cm³/mol. The third kappa shape index (κ3) is 1.10. The summed E-state index contributed by atoms with van der Waals surface area (Å²) in [4.78, 5) is 9.18.